The normalized spacial score (nSPS) is 40.8. The molecule has 2 bridgehead atoms. The van der Waals surface area contributed by atoms with E-state index in [1.165, 1.54) is 0 Å². The molecular formula is C20H22CrN2O4. The molecule has 1 aromatic carbocycles. The molecule has 27 heavy (non-hydrogen) atoms. The molecule has 4 heterocycles. The molecule has 1 aromatic rings. The van der Waals surface area contributed by atoms with Crippen LogP contribution in [0.1, 0.15) is 31.7 Å². The van der Waals surface area contributed by atoms with Crippen LogP contribution in [-0.4, -0.2) is 41.2 Å². The number of carbonyl (C=O) groups excluding carboxylic acids is 1. The number of amides is 1. The Labute approximate surface area is 170 Å². The maximum absolute atomic E-state index is 13.3. The standard InChI is InChI=1S/C19H19N2O4.CH3.Cr/c1-2-18-9-13(22)19(25-18)7-8-24-17-15(19)14(18)16(23)21(17)12-5-3-11(10-20)4-6-12;;/h3,5-6,13-15,17,22H,2,7-9H2,1H3;1H3;/q2*-1;+2/t13?,14-,15+,17?,18?,19?;;/m0../s1. The van der Waals surface area contributed by atoms with Crippen molar-refractivity contribution in [3.05, 3.63) is 37.3 Å². The van der Waals surface area contributed by atoms with Gasteiger partial charge >= 0.3 is 17.4 Å². The number of carbonyl (C=O) groups is 1. The zero-order chi connectivity index (χ0) is 17.4. The van der Waals surface area contributed by atoms with Crippen molar-refractivity contribution in [1.82, 2.24) is 0 Å². The number of nitriles is 1. The van der Waals surface area contributed by atoms with Crippen molar-refractivity contribution in [3.8, 4) is 6.07 Å². The molecule has 6 atom stereocenters. The summed E-state index contributed by atoms with van der Waals surface area (Å²) in [6.45, 7) is 2.47. The van der Waals surface area contributed by atoms with Crippen LogP contribution in [0.3, 0.4) is 0 Å². The van der Waals surface area contributed by atoms with Gasteiger partial charge in [-0.05, 0) is 18.2 Å². The van der Waals surface area contributed by atoms with E-state index >= 15 is 0 Å². The van der Waals surface area contributed by atoms with E-state index < -0.39 is 23.5 Å². The summed E-state index contributed by atoms with van der Waals surface area (Å²) in [6, 6.07) is 10.0. The summed E-state index contributed by atoms with van der Waals surface area (Å²) in [5.74, 6) is -0.458. The second-order valence-electron chi connectivity index (χ2n) is 7.49. The largest absolute Gasteiger partial charge is 2.00 e. The fourth-order valence-corrected chi connectivity index (χ4v) is 5.55. The topological polar surface area (TPSA) is 82.8 Å². The Morgan fingerprint density at radius 1 is 1.48 bits per heavy atom. The first-order valence-electron chi connectivity index (χ1n) is 8.81. The first kappa shape index (κ1) is 20.3. The van der Waals surface area contributed by atoms with Gasteiger partial charge in [0.2, 0.25) is 5.91 Å². The van der Waals surface area contributed by atoms with Gasteiger partial charge in [-0.2, -0.15) is 0 Å². The molecule has 1 spiro atoms. The fraction of sp³-hybridized carbons (Fsp3) is 0.550. The van der Waals surface area contributed by atoms with Gasteiger partial charge in [-0.25, -0.2) is 0 Å². The van der Waals surface area contributed by atoms with Gasteiger partial charge in [0.1, 0.15) is 11.8 Å². The van der Waals surface area contributed by atoms with Crippen LogP contribution < -0.4 is 4.90 Å². The number of benzene rings is 1. The maximum atomic E-state index is 13.3. The van der Waals surface area contributed by atoms with Crippen LogP contribution in [-0.2, 0) is 31.6 Å². The number of fused-ring (bicyclic) bond motifs is 2. The summed E-state index contributed by atoms with van der Waals surface area (Å²) in [5.41, 5.74) is -0.163. The second kappa shape index (κ2) is 6.59. The zero-order valence-electron chi connectivity index (χ0n) is 15.3. The van der Waals surface area contributed by atoms with Gasteiger partial charge in [0.25, 0.3) is 0 Å². The third-order valence-electron chi connectivity index (χ3n) is 6.63. The third-order valence-corrected chi connectivity index (χ3v) is 6.63. The Balaban J connectivity index is 0.00000105. The van der Waals surface area contributed by atoms with Gasteiger partial charge in [0.15, 0.2) is 0 Å². The quantitative estimate of drug-likeness (QED) is 0.758. The Bertz CT molecular complexity index is 794. The van der Waals surface area contributed by atoms with Crippen LogP contribution >= 0.6 is 0 Å². The first-order chi connectivity index (χ1) is 12.1. The number of aliphatic hydroxyl groups excluding tert-OH is 1. The number of ether oxygens (including phenoxy) is 2. The summed E-state index contributed by atoms with van der Waals surface area (Å²) < 4.78 is 12.4. The summed E-state index contributed by atoms with van der Waals surface area (Å²) in [4.78, 5) is 15.0. The molecule has 4 aliphatic heterocycles. The summed E-state index contributed by atoms with van der Waals surface area (Å²) >= 11 is 0. The average molecular weight is 406 g/mol. The molecule has 0 aliphatic carbocycles. The number of anilines is 1. The van der Waals surface area contributed by atoms with Crippen LogP contribution in [0.25, 0.3) is 0 Å². The minimum atomic E-state index is -0.676. The van der Waals surface area contributed by atoms with Crippen molar-refractivity contribution in [1.29, 1.82) is 5.26 Å². The zero-order valence-corrected chi connectivity index (χ0v) is 16.6. The summed E-state index contributed by atoms with van der Waals surface area (Å²) in [6.07, 6.45) is 0.833. The van der Waals surface area contributed by atoms with E-state index in [2.05, 4.69) is 6.07 Å². The molecule has 4 fully saturated rings. The molecule has 4 unspecified atom stereocenters. The third kappa shape index (κ3) is 2.32. The van der Waals surface area contributed by atoms with Gasteiger partial charge in [-0.3, -0.25) is 10.1 Å². The van der Waals surface area contributed by atoms with E-state index in [1.54, 1.807) is 23.1 Å². The van der Waals surface area contributed by atoms with E-state index in [0.717, 1.165) is 0 Å². The van der Waals surface area contributed by atoms with E-state index in [9.17, 15) is 9.90 Å². The molecule has 7 heteroatoms. The van der Waals surface area contributed by atoms with Crippen molar-refractivity contribution >= 4 is 11.6 Å². The van der Waals surface area contributed by atoms with E-state index in [1.807, 2.05) is 13.0 Å². The van der Waals surface area contributed by atoms with Gasteiger partial charge < -0.3 is 26.9 Å². The van der Waals surface area contributed by atoms with Gasteiger partial charge in [-0.1, -0.05) is 12.5 Å². The Morgan fingerprint density at radius 3 is 2.89 bits per heavy atom. The average Bonchev–Trinajstić information content (AvgIpc) is 3.21. The fourth-order valence-electron chi connectivity index (χ4n) is 5.55. The number of hydrogen-bond acceptors (Lipinski definition) is 5. The van der Waals surface area contributed by atoms with Crippen LogP contribution in [0, 0.1) is 36.7 Å². The molecule has 1 amide bonds. The predicted molar refractivity (Wildman–Crippen MR) is 92.7 cm³/mol. The SMILES string of the molecule is CCC12CC(O)C3(CCOC4[C@H]3[C@H]1C(=O)N4c1c[c-]c(C#N)cc1)O2.[CH3-].[Cr+2]. The van der Waals surface area contributed by atoms with E-state index in [4.69, 9.17) is 14.7 Å². The summed E-state index contributed by atoms with van der Waals surface area (Å²) in [5, 5.41) is 19.7. The number of rotatable bonds is 2. The van der Waals surface area contributed by atoms with Crippen LogP contribution in [0.5, 0.6) is 0 Å². The van der Waals surface area contributed by atoms with Crippen molar-refractivity contribution in [3.63, 3.8) is 0 Å². The van der Waals surface area contributed by atoms with Crippen molar-refractivity contribution < 1.29 is 36.7 Å². The second-order valence-corrected chi connectivity index (χ2v) is 7.49. The number of nitrogens with zero attached hydrogens (tertiary/aromatic N) is 2. The first-order valence-corrected chi connectivity index (χ1v) is 8.81. The number of hydrogen-bond donors (Lipinski definition) is 1. The Kier molecular flexibility index (Phi) is 4.96. The number of aliphatic hydroxyl groups is 1. The molecule has 142 valence electrons. The molecule has 1 N–H and O–H groups in total. The predicted octanol–water partition coefficient (Wildman–Crippen LogP) is 1.81. The Hall–Kier alpha value is -1.41. The van der Waals surface area contributed by atoms with Crippen LogP contribution in [0.4, 0.5) is 5.69 Å². The van der Waals surface area contributed by atoms with Gasteiger partial charge in [0, 0.05) is 18.8 Å². The summed E-state index contributed by atoms with van der Waals surface area (Å²) in [7, 11) is 0. The minimum Gasteiger partial charge on any atom is -0.390 e. The van der Waals surface area contributed by atoms with Crippen molar-refractivity contribution in [2.24, 2.45) is 11.8 Å². The molecule has 0 aromatic heterocycles. The molecule has 0 radical (unpaired) electrons. The monoisotopic (exact) mass is 406 g/mol. The molecule has 4 aliphatic rings. The van der Waals surface area contributed by atoms with Crippen LogP contribution in [0.15, 0.2) is 18.2 Å². The smallest absolute Gasteiger partial charge is 0.390 e. The molecule has 0 saturated carbocycles. The minimum absolute atomic E-state index is 0. The van der Waals surface area contributed by atoms with Crippen LogP contribution in [0.2, 0.25) is 0 Å². The molecular weight excluding hydrogens is 384 g/mol. The van der Waals surface area contributed by atoms with Gasteiger partial charge in [0.05, 0.1) is 24.2 Å². The maximum Gasteiger partial charge on any atom is 2.00 e. The molecule has 5 rings (SSSR count). The van der Waals surface area contributed by atoms with Crippen molar-refractivity contribution in [2.75, 3.05) is 11.5 Å². The molecule has 6 nitrogen and oxygen atoms in total. The van der Waals surface area contributed by atoms with E-state index in [0.29, 0.717) is 37.1 Å². The van der Waals surface area contributed by atoms with Crippen molar-refractivity contribution in [2.45, 2.75) is 49.7 Å². The van der Waals surface area contributed by atoms with Gasteiger partial charge in [-0.15, -0.1) is 24.3 Å². The Morgan fingerprint density at radius 2 is 2.26 bits per heavy atom. The van der Waals surface area contributed by atoms with E-state index in [-0.39, 0.29) is 42.5 Å². The molecule has 4 saturated heterocycles.